The van der Waals surface area contributed by atoms with Gasteiger partial charge < -0.3 is 15.6 Å². The van der Waals surface area contributed by atoms with Crippen LogP contribution in [0, 0.1) is 0 Å². The molecule has 0 spiro atoms. The number of aromatic hydroxyl groups is 1. The van der Waals surface area contributed by atoms with Crippen molar-refractivity contribution in [1.82, 2.24) is 0 Å². The van der Waals surface area contributed by atoms with Gasteiger partial charge in [0.15, 0.2) is 5.60 Å². The fourth-order valence-corrected chi connectivity index (χ4v) is 2.55. The molecule has 6 heteroatoms. The van der Waals surface area contributed by atoms with E-state index in [0.717, 1.165) is 0 Å². The van der Waals surface area contributed by atoms with Gasteiger partial charge in [0.1, 0.15) is 11.5 Å². The first-order valence-electron chi connectivity index (χ1n) is 6.56. The lowest BCUT2D eigenvalue weighted by molar-refractivity contribution is -0.136. The summed E-state index contributed by atoms with van der Waals surface area (Å²) in [4.78, 5) is 14.4. The molecule has 1 aromatic rings. The largest absolute Gasteiger partial charge is 0.508 e. The minimum Gasteiger partial charge on any atom is -0.508 e. The molecule has 1 heterocycles. The Bertz CT molecular complexity index is 555. The van der Waals surface area contributed by atoms with Crippen LogP contribution in [0.2, 0.25) is 0 Å². The predicted molar refractivity (Wildman–Crippen MR) is 81.2 cm³/mol. The number of hydrogen-bond acceptors (Lipinski definition) is 4. The number of nitrogens with zero attached hydrogens (tertiary/aromatic N) is 1. The topological polar surface area (TPSA) is 75.8 Å². The summed E-state index contributed by atoms with van der Waals surface area (Å²) in [5, 5.41) is 9.61. The molecule has 20 heavy (non-hydrogen) atoms. The number of carbonyl (C=O) groups excluding carboxylic acids is 1. The Morgan fingerprint density at radius 1 is 1.45 bits per heavy atom. The number of hydrogen-bond donors (Lipinski definition) is 2. The number of phenols is 1. The van der Waals surface area contributed by atoms with Crippen molar-refractivity contribution in [2.24, 2.45) is 5.73 Å². The van der Waals surface area contributed by atoms with Gasteiger partial charge in [-0.2, -0.15) is 0 Å². The van der Waals surface area contributed by atoms with E-state index in [9.17, 15) is 9.90 Å². The third-order valence-electron chi connectivity index (χ3n) is 3.63. The Hall–Kier alpha value is -1.82. The molecular weight excluding hydrogens is 276 g/mol. The first-order valence-corrected chi connectivity index (χ1v) is 6.96. The first-order chi connectivity index (χ1) is 9.43. The maximum Gasteiger partial charge on any atom is 0.271 e. The van der Waals surface area contributed by atoms with Crippen LogP contribution >= 0.6 is 12.2 Å². The Morgan fingerprint density at radius 2 is 2.10 bits per heavy atom. The van der Waals surface area contributed by atoms with Crippen molar-refractivity contribution in [3.05, 3.63) is 18.2 Å². The summed E-state index contributed by atoms with van der Waals surface area (Å²) in [6.07, 6.45) is 1.10. The van der Waals surface area contributed by atoms with Crippen LogP contribution in [0.4, 0.5) is 5.69 Å². The third-order valence-corrected chi connectivity index (χ3v) is 3.76. The summed E-state index contributed by atoms with van der Waals surface area (Å²) in [5.74, 6) is 0.448. The van der Waals surface area contributed by atoms with Gasteiger partial charge in [0.25, 0.3) is 5.91 Å². The number of thiocarbonyl (C=S) groups is 1. The van der Waals surface area contributed by atoms with Gasteiger partial charge >= 0.3 is 0 Å². The van der Waals surface area contributed by atoms with E-state index in [2.05, 4.69) is 0 Å². The SMILES string of the molecule is CCC1(CC)Oc2ccc(O)cc2N(CC(N)=S)C1=O. The van der Waals surface area contributed by atoms with E-state index in [1.54, 1.807) is 6.07 Å². The lowest BCUT2D eigenvalue weighted by atomic mass is 9.92. The smallest absolute Gasteiger partial charge is 0.271 e. The van der Waals surface area contributed by atoms with E-state index in [1.807, 2.05) is 13.8 Å². The molecule has 0 bridgehead atoms. The quantitative estimate of drug-likeness (QED) is 0.830. The highest BCUT2D eigenvalue weighted by Crippen LogP contribution is 2.42. The second-order valence-corrected chi connectivity index (χ2v) is 5.34. The van der Waals surface area contributed by atoms with Gasteiger partial charge in [-0.3, -0.25) is 9.69 Å². The van der Waals surface area contributed by atoms with Crippen LogP contribution in [0.15, 0.2) is 18.2 Å². The highest BCUT2D eigenvalue weighted by molar-refractivity contribution is 7.80. The average molecular weight is 294 g/mol. The number of rotatable bonds is 4. The number of phenolic OH excluding ortho intramolecular Hbond substituents is 1. The molecule has 1 amide bonds. The molecule has 3 N–H and O–H groups in total. The summed E-state index contributed by atoms with van der Waals surface area (Å²) in [5.41, 5.74) is 5.19. The van der Waals surface area contributed by atoms with Crippen molar-refractivity contribution < 1.29 is 14.6 Å². The van der Waals surface area contributed by atoms with E-state index in [0.29, 0.717) is 24.3 Å². The second-order valence-electron chi connectivity index (χ2n) is 4.81. The van der Waals surface area contributed by atoms with Gasteiger partial charge in [0, 0.05) is 6.07 Å². The molecule has 0 aromatic heterocycles. The standard InChI is InChI=1S/C14H18N2O3S/c1-3-14(4-2)13(18)16(8-12(15)20)10-7-9(17)5-6-11(10)19-14/h5-7,17H,3-4,8H2,1-2H3,(H2,15,20). The Labute approximate surface area is 123 Å². The fourth-order valence-electron chi connectivity index (χ4n) is 2.42. The number of anilines is 1. The molecule has 0 aliphatic carbocycles. The lowest BCUT2D eigenvalue weighted by Gasteiger charge is -2.41. The number of benzene rings is 1. The van der Waals surface area contributed by atoms with Crippen molar-refractivity contribution in [2.75, 3.05) is 11.4 Å². The molecule has 108 valence electrons. The van der Waals surface area contributed by atoms with Gasteiger partial charge in [0.05, 0.1) is 17.2 Å². The van der Waals surface area contributed by atoms with Gasteiger partial charge in [0.2, 0.25) is 0 Å². The molecule has 1 aliphatic rings. The molecule has 0 fully saturated rings. The normalized spacial score (nSPS) is 16.5. The summed E-state index contributed by atoms with van der Waals surface area (Å²) in [6, 6.07) is 4.67. The maximum atomic E-state index is 12.7. The highest BCUT2D eigenvalue weighted by Gasteiger charge is 2.45. The van der Waals surface area contributed by atoms with Gasteiger partial charge in [-0.05, 0) is 25.0 Å². The summed E-state index contributed by atoms with van der Waals surface area (Å²) in [7, 11) is 0. The molecule has 0 atom stereocenters. The molecule has 0 unspecified atom stereocenters. The summed E-state index contributed by atoms with van der Waals surface area (Å²) < 4.78 is 5.91. The van der Waals surface area contributed by atoms with E-state index in [1.165, 1.54) is 17.0 Å². The highest BCUT2D eigenvalue weighted by atomic mass is 32.1. The molecule has 0 radical (unpaired) electrons. The maximum absolute atomic E-state index is 12.7. The van der Waals surface area contributed by atoms with Gasteiger partial charge in [-0.1, -0.05) is 26.1 Å². The van der Waals surface area contributed by atoms with Crippen molar-refractivity contribution in [3.63, 3.8) is 0 Å². The Balaban J connectivity index is 2.55. The van der Waals surface area contributed by atoms with Crippen molar-refractivity contribution in [1.29, 1.82) is 0 Å². The number of amides is 1. The van der Waals surface area contributed by atoms with Crippen molar-refractivity contribution in [3.8, 4) is 11.5 Å². The number of fused-ring (bicyclic) bond motifs is 1. The minimum absolute atomic E-state index is 0.0635. The molecule has 5 nitrogen and oxygen atoms in total. The van der Waals surface area contributed by atoms with Crippen LogP contribution < -0.4 is 15.4 Å². The second kappa shape index (κ2) is 5.28. The molecular formula is C14H18N2O3S. The lowest BCUT2D eigenvalue weighted by Crippen LogP contribution is -2.57. The zero-order chi connectivity index (χ0) is 14.9. The summed E-state index contributed by atoms with van der Waals surface area (Å²) >= 11 is 4.92. The molecule has 2 rings (SSSR count). The molecule has 0 saturated carbocycles. The van der Waals surface area contributed by atoms with Crippen LogP contribution in [0.1, 0.15) is 26.7 Å². The Morgan fingerprint density at radius 3 is 2.65 bits per heavy atom. The molecule has 1 aliphatic heterocycles. The molecule has 0 saturated heterocycles. The van der Waals surface area contributed by atoms with E-state index in [4.69, 9.17) is 22.7 Å². The predicted octanol–water partition coefficient (Wildman–Crippen LogP) is 1.96. The summed E-state index contributed by atoms with van der Waals surface area (Å²) in [6.45, 7) is 3.95. The fraction of sp³-hybridized carbons (Fsp3) is 0.429. The monoisotopic (exact) mass is 294 g/mol. The van der Waals surface area contributed by atoms with E-state index in [-0.39, 0.29) is 23.2 Å². The zero-order valence-corrected chi connectivity index (χ0v) is 12.4. The van der Waals surface area contributed by atoms with Crippen molar-refractivity contribution in [2.45, 2.75) is 32.3 Å². The van der Waals surface area contributed by atoms with E-state index < -0.39 is 5.60 Å². The number of carbonyl (C=O) groups is 1. The molecule has 1 aromatic carbocycles. The van der Waals surface area contributed by atoms with Crippen molar-refractivity contribution >= 4 is 28.8 Å². The minimum atomic E-state index is -0.894. The van der Waals surface area contributed by atoms with Crippen LogP contribution in [-0.2, 0) is 4.79 Å². The first kappa shape index (κ1) is 14.6. The van der Waals surface area contributed by atoms with Gasteiger partial charge in [-0.25, -0.2) is 0 Å². The third kappa shape index (κ3) is 2.31. The van der Waals surface area contributed by atoms with Crippen LogP contribution in [0.3, 0.4) is 0 Å². The van der Waals surface area contributed by atoms with Gasteiger partial charge in [-0.15, -0.1) is 0 Å². The number of ether oxygens (including phenoxy) is 1. The zero-order valence-electron chi connectivity index (χ0n) is 11.5. The van der Waals surface area contributed by atoms with Crippen LogP contribution in [0.25, 0.3) is 0 Å². The Kier molecular flexibility index (Phi) is 3.85. The van der Waals surface area contributed by atoms with Crippen LogP contribution in [-0.4, -0.2) is 28.1 Å². The van der Waals surface area contributed by atoms with Crippen LogP contribution in [0.5, 0.6) is 11.5 Å². The number of nitrogens with two attached hydrogens (primary N) is 1. The van der Waals surface area contributed by atoms with E-state index >= 15 is 0 Å². The average Bonchev–Trinajstić information content (AvgIpc) is 2.42.